The van der Waals surface area contributed by atoms with E-state index in [2.05, 4.69) is 4.99 Å². The van der Waals surface area contributed by atoms with Crippen LogP contribution in [0, 0.1) is 5.92 Å². The number of allylic oxidation sites excluding steroid dienone is 2. The number of hydrogen-bond acceptors (Lipinski definition) is 4. The summed E-state index contributed by atoms with van der Waals surface area (Å²) in [5.41, 5.74) is 3.22. The van der Waals surface area contributed by atoms with Crippen molar-refractivity contribution in [3.8, 4) is 0 Å². The maximum Gasteiger partial charge on any atom is 0.272 e. The van der Waals surface area contributed by atoms with E-state index < -0.39 is 0 Å². The number of carbonyl (C=O) groups is 2. The van der Waals surface area contributed by atoms with Crippen molar-refractivity contribution in [2.24, 2.45) is 10.9 Å². The van der Waals surface area contributed by atoms with Crippen LogP contribution in [0.15, 0.2) is 47.7 Å². The van der Waals surface area contributed by atoms with Crippen molar-refractivity contribution in [2.45, 2.75) is 0 Å². The molecule has 1 fully saturated rings. The molecular weight excluding hydrogens is 318 g/mol. The molecular formula is C19H19N3O3. The molecule has 0 bridgehead atoms. The van der Waals surface area contributed by atoms with Gasteiger partial charge in [0.15, 0.2) is 0 Å². The van der Waals surface area contributed by atoms with E-state index >= 15 is 0 Å². The van der Waals surface area contributed by atoms with Gasteiger partial charge in [-0.25, -0.2) is 0 Å². The van der Waals surface area contributed by atoms with E-state index in [0.717, 1.165) is 11.1 Å². The molecule has 3 aliphatic heterocycles. The molecule has 0 aliphatic carbocycles. The van der Waals surface area contributed by atoms with Crippen molar-refractivity contribution < 1.29 is 14.3 Å². The lowest BCUT2D eigenvalue weighted by Crippen LogP contribution is -2.40. The Morgan fingerprint density at radius 3 is 2.64 bits per heavy atom. The maximum atomic E-state index is 12.5. The van der Waals surface area contributed by atoms with Crippen LogP contribution < -0.4 is 0 Å². The minimum absolute atomic E-state index is 0.0304. The lowest BCUT2D eigenvalue weighted by Gasteiger charge is -2.28. The van der Waals surface area contributed by atoms with Crippen LogP contribution in [-0.2, 0) is 9.53 Å². The van der Waals surface area contributed by atoms with Gasteiger partial charge in [0.05, 0.1) is 19.1 Å². The average Bonchev–Trinajstić information content (AvgIpc) is 3.15. The summed E-state index contributed by atoms with van der Waals surface area (Å²) < 4.78 is 5.29. The summed E-state index contributed by atoms with van der Waals surface area (Å²) in [6.45, 7) is 2.44. The Kier molecular flexibility index (Phi) is 3.97. The minimum atomic E-state index is -0.107. The molecule has 1 saturated heterocycles. The molecule has 1 atom stereocenters. The summed E-state index contributed by atoms with van der Waals surface area (Å²) in [5.74, 6) is -0.148. The Bertz CT molecular complexity index is 802. The van der Waals surface area contributed by atoms with Crippen molar-refractivity contribution >= 4 is 23.1 Å². The fourth-order valence-corrected chi connectivity index (χ4v) is 3.36. The molecule has 128 valence electrons. The number of carbonyl (C=O) groups excluding carboxylic acids is 2. The highest BCUT2D eigenvalue weighted by atomic mass is 16.5. The third kappa shape index (κ3) is 2.78. The van der Waals surface area contributed by atoms with E-state index in [0.29, 0.717) is 37.6 Å². The van der Waals surface area contributed by atoms with E-state index in [9.17, 15) is 9.59 Å². The smallest absolute Gasteiger partial charge is 0.272 e. The molecule has 3 aliphatic rings. The molecule has 25 heavy (non-hydrogen) atoms. The Balaban J connectivity index is 1.59. The SMILES string of the molecule is CN1C=C(c2ccc(C(=O)N3CCOCC3)cc2)C2C=CN=C2C1=O. The number of fused-ring (bicyclic) bond motifs is 1. The molecule has 3 heterocycles. The van der Waals surface area contributed by atoms with Crippen molar-refractivity contribution in [2.75, 3.05) is 33.4 Å². The van der Waals surface area contributed by atoms with Crippen LogP contribution in [0.3, 0.4) is 0 Å². The van der Waals surface area contributed by atoms with Gasteiger partial charge in [-0.1, -0.05) is 18.2 Å². The van der Waals surface area contributed by atoms with Crippen molar-refractivity contribution in [3.05, 3.63) is 53.9 Å². The maximum absolute atomic E-state index is 12.5. The number of morpholine rings is 1. The Labute approximate surface area is 146 Å². The lowest BCUT2D eigenvalue weighted by atomic mass is 9.87. The van der Waals surface area contributed by atoms with Gasteiger partial charge in [-0.3, -0.25) is 14.6 Å². The number of rotatable bonds is 2. The molecule has 0 N–H and O–H groups in total. The van der Waals surface area contributed by atoms with Gasteiger partial charge in [0.2, 0.25) is 0 Å². The number of nitrogens with zero attached hydrogens (tertiary/aromatic N) is 3. The quantitative estimate of drug-likeness (QED) is 0.823. The van der Waals surface area contributed by atoms with Gasteiger partial charge in [-0.15, -0.1) is 0 Å². The lowest BCUT2D eigenvalue weighted by molar-refractivity contribution is -0.121. The van der Waals surface area contributed by atoms with E-state index in [1.807, 2.05) is 41.4 Å². The van der Waals surface area contributed by atoms with Gasteiger partial charge in [0.25, 0.3) is 11.8 Å². The first kappa shape index (κ1) is 15.8. The molecule has 6 nitrogen and oxygen atoms in total. The standard InChI is InChI=1S/C19H19N3O3/c1-21-12-16(15-6-7-20-17(15)19(21)24)13-2-4-14(5-3-13)18(23)22-8-10-25-11-9-22/h2-7,12,15H,8-11H2,1H3. The van der Waals surface area contributed by atoms with Crippen LogP contribution >= 0.6 is 0 Å². The van der Waals surface area contributed by atoms with E-state index in [1.54, 1.807) is 18.1 Å². The van der Waals surface area contributed by atoms with Crippen molar-refractivity contribution in [1.29, 1.82) is 0 Å². The molecule has 0 spiro atoms. The zero-order valence-corrected chi connectivity index (χ0v) is 14.0. The van der Waals surface area contributed by atoms with Crippen LogP contribution in [0.1, 0.15) is 15.9 Å². The highest BCUT2D eigenvalue weighted by Gasteiger charge is 2.33. The van der Waals surface area contributed by atoms with Crippen LogP contribution in [0.2, 0.25) is 0 Å². The first-order chi connectivity index (χ1) is 12.1. The summed E-state index contributed by atoms with van der Waals surface area (Å²) in [5, 5.41) is 0. The first-order valence-corrected chi connectivity index (χ1v) is 8.36. The summed E-state index contributed by atoms with van der Waals surface area (Å²) >= 11 is 0. The fourth-order valence-electron chi connectivity index (χ4n) is 3.36. The minimum Gasteiger partial charge on any atom is -0.378 e. The predicted octanol–water partition coefficient (Wildman–Crippen LogP) is 1.56. The zero-order valence-electron chi connectivity index (χ0n) is 14.0. The molecule has 1 aromatic carbocycles. The monoisotopic (exact) mass is 337 g/mol. The number of benzene rings is 1. The highest BCUT2D eigenvalue weighted by molar-refractivity contribution is 6.44. The zero-order chi connectivity index (χ0) is 17.4. The van der Waals surface area contributed by atoms with Crippen molar-refractivity contribution in [1.82, 2.24) is 9.80 Å². The van der Waals surface area contributed by atoms with Gasteiger partial charge in [-0.2, -0.15) is 0 Å². The Morgan fingerprint density at radius 1 is 1.20 bits per heavy atom. The van der Waals surface area contributed by atoms with Gasteiger partial charge in [0, 0.05) is 38.1 Å². The molecule has 0 radical (unpaired) electrons. The second kappa shape index (κ2) is 6.29. The van der Waals surface area contributed by atoms with Crippen molar-refractivity contribution in [3.63, 3.8) is 0 Å². The van der Waals surface area contributed by atoms with Gasteiger partial charge in [0.1, 0.15) is 5.71 Å². The van der Waals surface area contributed by atoms with E-state index in [1.165, 1.54) is 0 Å². The number of aliphatic imine (C=N–C) groups is 1. The van der Waals surface area contributed by atoms with Gasteiger partial charge < -0.3 is 14.5 Å². The Hall–Kier alpha value is -2.73. The molecule has 1 unspecified atom stereocenters. The molecule has 4 rings (SSSR count). The van der Waals surface area contributed by atoms with Crippen LogP contribution in [-0.4, -0.2) is 60.7 Å². The third-order valence-corrected chi connectivity index (χ3v) is 4.76. The second-order valence-electron chi connectivity index (χ2n) is 6.32. The number of ether oxygens (including phenoxy) is 1. The summed E-state index contributed by atoms with van der Waals surface area (Å²) in [6.07, 6.45) is 5.46. The molecule has 1 aromatic rings. The van der Waals surface area contributed by atoms with Crippen LogP contribution in [0.4, 0.5) is 0 Å². The normalized spacial score (nSPS) is 22.6. The average molecular weight is 337 g/mol. The third-order valence-electron chi connectivity index (χ3n) is 4.76. The van der Waals surface area contributed by atoms with E-state index in [-0.39, 0.29) is 17.7 Å². The summed E-state index contributed by atoms with van der Waals surface area (Å²) in [7, 11) is 1.73. The summed E-state index contributed by atoms with van der Waals surface area (Å²) in [4.78, 5) is 32.3. The second-order valence-corrected chi connectivity index (χ2v) is 6.32. The molecule has 0 aromatic heterocycles. The van der Waals surface area contributed by atoms with Crippen LogP contribution in [0.25, 0.3) is 5.57 Å². The Morgan fingerprint density at radius 2 is 1.92 bits per heavy atom. The fraction of sp³-hybridized carbons (Fsp3) is 0.316. The number of amides is 2. The van der Waals surface area contributed by atoms with E-state index in [4.69, 9.17) is 4.74 Å². The highest BCUT2D eigenvalue weighted by Crippen LogP contribution is 2.33. The topological polar surface area (TPSA) is 62.2 Å². The number of hydrogen-bond donors (Lipinski definition) is 0. The van der Waals surface area contributed by atoms with Gasteiger partial charge in [-0.05, 0) is 23.3 Å². The predicted molar refractivity (Wildman–Crippen MR) is 94.0 cm³/mol. The summed E-state index contributed by atoms with van der Waals surface area (Å²) in [6, 6.07) is 7.57. The molecule has 0 saturated carbocycles. The van der Waals surface area contributed by atoms with Gasteiger partial charge >= 0.3 is 0 Å². The largest absolute Gasteiger partial charge is 0.378 e. The van der Waals surface area contributed by atoms with Crippen LogP contribution in [0.5, 0.6) is 0 Å². The molecule has 2 amide bonds. The molecule has 6 heteroatoms. The first-order valence-electron chi connectivity index (χ1n) is 8.36.